The number of ether oxygens (including phenoxy) is 1. The van der Waals surface area contributed by atoms with Crippen LogP contribution < -0.4 is 19.8 Å². The van der Waals surface area contributed by atoms with Gasteiger partial charge in [-0.1, -0.05) is 60.2 Å². The first-order valence-electron chi connectivity index (χ1n) is 11.2. The van der Waals surface area contributed by atoms with Gasteiger partial charge >= 0.3 is 5.97 Å². The lowest BCUT2D eigenvalue weighted by Crippen LogP contribution is -2.40. The first-order valence-corrected chi connectivity index (χ1v) is 12.4. The smallest absolute Gasteiger partial charge is 0.338 e. The summed E-state index contributed by atoms with van der Waals surface area (Å²) in [5.74, 6) is -0.772. The van der Waals surface area contributed by atoms with Crippen LogP contribution >= 0.6 is 22.9 Å². The van der Waals surface area contributed by atoms with Crippen LogP contribution in [0.4, 0.5) is 5.69 Å². The highest BCUT2D eigenvalue weighted by Gasteiger charge is 2.36. The van der Waals surface area contributed by atoms with Crippen molar-refractivity contribution in [2.75, 3.05) is 18.6 Å². The van der Waals surface area contributed by atoms with Gasteiger partial charge in [-0.3, -0.25) is 14.2 Å². The Balaban J connectivity index is 1.83. The van der Waals surface area contributed by atoms with Crippen molar-refractivity contribution in [1.29, 1.82) is 0 Å². The van der Waals surface area contributed by atoms with Crippen molar-refractivity contribution in [3.8, 4) is 0 Å². The van der Waals surface area contributed by atoms with Crippen LogP contribution in [0, 0.1) is 0 Å². The summed E-state index contributed by atoms with van der Waals surface area (Å²) in [6.45, 7) is 4.27. The fourth-order valence-electron chi connectivity index (χ4n) is 4.65. The first kappa shape index (κ1) is 23.3. The van der Waals surface area contributed by atoms with E-state index in [2.05, 4.69) is 4.99 Å². The molecule has 0 aliphatic carbocycles. The molecular weight excluding hydrogens is 486 g/mol. The highest BCUT2D eigenvalue weighted by molar-refractivity contribution is 7.07. The van der Waals surface area contributed by atoms with Crippen molar-refractivity contribution < 1.29 is 14.3 Å². The second-order valence-corrected chi connectivity index (χ2v) is 9.71. The highest BCUT2D eigenvalue weighted by Crippen LogP contribution is 2.35. The predicted octanol–water partition coefficient (Wildman–Crippen LogP) is 3.19. The average Bonchev–Trinajstić information content (AvgIpc) is 3.31. The van der Waals surface area contributed by atoms with E-state index in [-0.39, 0.29) is 17.0 Å². The Morgan fingerprint density at radius 1 is 1.14 bits per heavy atom. The van der Waals surface area contributed by atoms with E-state index in [1.807, 2.05) is 31.2 Å². The monoisotopic (exact) mass is 507 g/mol. The van der Waals surface area contributed by atoms with Crippen LogP contribution in [0.3, 0.4) is 0 Å². The lowest BCUT2D eigenvalue weighted by molar-refractivity contribution is -0.136. The molecule has 0 saturated carbocycles. The molecule has 5 rings (SSSR count). The molecule has 2 aromatic carbocycles. The van der Waals surface area contributed by atoms with Crippen LogP contribution in [0.25, 0.3) is 5.57 Å². The second-order valence-electron chi connectivity index (χ2n) is 8.29. The molecule has 178 valence electrons. The molecule has 1 aromatic heterocycles. The molecule has 1 atom stereocenters. The molecule has 0 radical (unpaired) electrons. The van der Waals surface area contributed by atoms with Crippen molar-refractivity contribution in [3.63, 3.8) is 0 Å². The molecule has 7 nitrogen and oxygen atoms in total. The summed E-state index contributed by atoms with van der Waals surface area (Å²) in [5, 5.41) is 0.535. The fraction of sp³-hybridized carbons (Fsp3) is 0.231. The Morgan fingerprint density at radius 3 is 2.54 bits per heavy atom. The zero-order valence-corrected chi connectivity index (χ0v) is 20.9. The molecule has 2 aliphatic rings. The van der Waals surface area contributed by atoms with Crippen LogP contribution in [-0.4, -0.2) is 30.1 Å². The fourth-order valence-corrected chi connectivity index (χ4v) is 5.91. The van der Waals surface area contributed by atoms with Crippen molar-refractivity contribution in [2.24, 2.45) is 4.99 Å². The van der Waals surface area contributed by atoms with E-state index in [4.69, 9.17) is 16.3 Å². The van der Waals surface area contributed by atoms with Crippen molar-refractivity contribution in [2.45, 2.75) is 26.3 Å². The number of halogens is 1. The van der Waals surface area contributed by atoms with Crippen LogP contribution in [0.2, 0.25) is 5.02 Å². The van der Waals surface area contributed by atoms with E-state index in [0.717, 1.165) is 29.0 Å². The third-order valence-electron chi connectivity index (χ3n) is 6.19. The maximum Gasteiger partial charge on any atom is 0.338 e. The van der Waals surface area contributed by atoms with Gasteiger partial charge in [0.25, 0.3) is 11.5 Å². The first-order chi connectivity index (χ1) is 16.9. The molecule has 0 spiro atoms. The summed E-state index contributed by atoms with van der Waals surface area (Å²) < 4.78 is 6.82. The second kappa shape index (κ2) is 8.94. The highest BCUT2D eigenvalue weighted by atomic mass is 35.5. The lowest BCUT2D eigenvalue weighted by Gasteiger charge is -2.24. The molecular formula is C26H22ClN3O4S. The van der Waals surface area contributed by atoms with Gasteiger partial charge in [-0.2, -0.15) is 0 Å². The third kappa shape index (κ3) is 3.64. The van der Waals surface area contributed by atoms with Gasteiger partial charge in [0.15, 0.2) is 4.80 Å². The van der Waals surface area contributed by atoms with Gasteiger partial charge in [0.2, 0.25) is 0 Å². The zero-order chi connectivity index (χ0) is 24.9. The number of para-hydroxylation sites is 1. The Morgan fingerprint density at radius 2 is 1.86 bits per heavy atom. The van der Waals surface area contributed by atoms with Crippen LogP contribution in [0.5, 0.6) is 0 Å². The van der Waals surface area contributed by atoms with Crippen LogP contribution in [-0.2, 0) is 14.3 Å². The number of nitrogens with zero attached hydrogens (tertiary/aromatic N) is 3. The number of hydrogen-bond donors (Lipinski definition) is 0. The molecule has 2 aliphatic heterocycles. The molecule has 0 fully saturated rings. The number of fused-ring (bicyclic) bond motifs is 2. The van der Waals surface area contributed by atoms with E-state index < -0.39 is 12.0 Å². The number of benzene rings is 2. The lowest BCUT2D eigenvalue weighted by atomic mass is 9.96. The van der Waals surface area contributed by atoms with E-state index in [9.17, 15) is 14.4 Å². The SMILES string of the molecule is CCCN1C(=O)/C(=c2/sc3n(c2=O)[C@@H](c2ccc(Cl)cc2)C(C(=O)OC)=C(C)N=3)c2ccccc21. The number of carbonyl (C=O) groups excluding carboxylic acids is 2. The number of esters is 1. The van der Waals surface area contributed by atoms with E-state index in [1.165, 1.54) is 11.7 Å². The maximum absolute atomic E-state index is 14.0. The summed E-state index contributed by atoms with van der Waals surface area (Å²) in [6.07, 6.45) is 0.785. The summed E-state index contributed by atoms with van der Waals surface area (Å²) in [4.78, 5) is 47.0. The Bertz CT molecular complexity index is 1580. The van der Waals surface area contributed by atoms with Gasteiger partial charge in [-0.25, -0.2) is 9.79 Å². The minimum Gasteiger partial charge on any atom is -0.466 e. The molecule has 3 heterocycles. The number of hydrogen-bond acceptors (Lipinski definition) is 6. The molecule has 3 aromatic rings. The van der Waals surface area contributed by atoms with Crippen LogP contribution in [0.15, 0.2) is 69.6 Å². The minimum atomic E-state index is -0.760. The number of aromatic nitrogens is 1. The van der Waals surface area contributed by atoms with Gasteiger partial charge in [0.1, 0.15) is 4.53 Å². The quantitative estimate of drug-likeness (QED) is 0.508. The summed E-state index contributed by atoms with van der Waals surface area (Å²) in [6, 6.07) is 13.7. The topological polar surface area (TPSA) is 81.0 Å². The Labute approximate surface area is 210 Å². The molecule has 35 heavy (non-hydrogen) atoms. The summed E-state index contributed by atoms with van der Waals surface area (Å²) >= 11 is 7.26. The van der Waals surface area contributed by atoms with Crippen molar-refractivity contribution >= 4 is 46.1 Å². The molecule has 0 saturated heterocycles. The number of thiazole rings is 1. The van der Waals surface area contributed by atoms with E-state index >= 15 is 0 Å². The predicted molar refractivity (Wildman–Crippen MR) is 135 cm³/mol. The van der Waals surface area contributed by atoms with Crippen LogP contribution in [0.1, 0.15) is 37.4 Å². The van der Waals surface area contributed by atoms with Crippen molar-refractivity contribution in [1.82, 2.24) is 4.57 Å². The molecule has 0 bridgehead atoms. The van der Waals surface area contributed by atoms with Gasteiger partial charge in [0.05, 0.1) is 35.7 Å². The number of anilines is 1. The Kier molecular flexibility index (Phi) is 5.94. The van der Waals surface area contributed by atoms with E-state index in [1.54, 1.807) is 36.1 Å². The molecule has 1 amide bonds. The largest absolute Gasteiger partial charge is 0.466 e. The van der Waals surface area contributed by atoms with Gasteiger partial charge in [0, 0.05) is 17.1 Å². The maximum atomic E-state index is 14.0. The number of allylic oxidation sites excluding steroid dienone is 1. The molecule has 9 heteroatoms. The average molecular weight is 508 g/mol. The van der Waals surface area contributed by atoms with Gasteiger partial charge < -0.3 is 9.64 Å². The Hall–Kier alpha value is -3.49. The molecule has 0 N–H and O–H groups in total. The van der Waals surface area contributed by atoms with Crippen molar-refractivity contribution in [3.05, 3.63) is 95.6 Å². The standard InChI is InChI=1S/C26H22ClN3O4S/c1-4-13-29-18-8-6-5-7-17(18)20(23(29)31)22-24(32)30-21(15-9-11-16(27)12-10-15)19(25(33)34-3)14(2)28-26(30)35-22/h5-12,21H,4,13H2,1-3H3/b22-20+/t21-/m0/s1. The summed E-state index contributed by atoms with van der Waals surface area (Å²) in [5.41, 5.74) is 2.92. The van der Waals surface area contributed by atoms with Gasteiger partial charge in [-0.15, -0.1) is 0 Å². The van der Waals surface area contributed by atoms with E-state index in [0.29, 0.717) is 37.7 Å². The van der Waals surface area contributed by atoms with Gasteiger partial charge in [-0.05, 0) is 37.1 Å². The number of rotatable bonds is 4. The normalized spacial score (nSPS) is 18.3. The third-order valence-corrected chi connectivity index (χ3v) is 7.49. The zero-order valence-electron chi connectivity index (χ0n) is 19.4. The number of methoxy groups -OCH3 is 1. The number of amides is 1. The summed E-state index contributed by atoms with van der Waals surface area (Å²) in [7, 11) is 1.30. The molecule has 0 unspecified atom stereocenters. The minimum absolute atomic E-state index is 0.203. The number of carbonyl (C=O) groups is 2.